The lowest BCUT2D eigenvalue weighted by Gasteiger charge is -1.99. The number of carbonyl (C=O) groups is 1. The quantitative estimate of drug-likeness (QED) is 0.682. The van der Waals surface area contributed by atoms with Crippen LogP contribution in [0.3, 0.4) is 0 Å². The van der Waals surface area contributed by atoms with Crippen molar-refractivity contribution in [2.75, 3.05) is 7.11 Å². The molecule has 1 aromatic heterocycles. The van der Waals surface area contributed by atoms with Gasteiger partial charge in [0.2, 0.25) is 0 Å². The van der Waals surface area contributed by atoms with Gasteiger partial charge in [0.1, 0.15) is 11.5 Å². The third kappa shape index (κ3) is 2.29. The highest BCUT2D eigenvalue weighted by Crippen LogP contribution is 2.09. The van der Waals surface area contributed by atoms with Crippen molar-refractivity contribution in [3.63, 3.8) is 0 Å². The summed E-state index contributed by atoms with van der Waals surface area (Å²) in [6.07, 6.45) is 1.49. The summed E-state index contributed by atoms with van der Waals surface area (Å²) in [5.74, 6) is 0.757. The molecule has 0 fully saturated rings. The maximum absolute atomic E-state index is 11.2. The number of H-pyrrole nitrogens is 1. The lowest BCUT2D eigenvalue weighted by atomic mass is 10.2. The molecule has 0 aliphatic rings. The predicted molar refractivity (Wildman–Crippen MR) is 47.2 cm³/mol. The first-order chi connectivity index (χ1) is 6.15. The fourth-order valence-corrected chi connectivity index (χ4v) is 0.893. The summed E-state index contributed by atoms with van der Waals surface area (Å²) in [6, 6.07) is 0. The van der Waals surface area contributed by atoms with Crippen molar-refractivity contribution in [1.29, 1.82) is 0 Å². The standard InChI is InChI=1S/C8H13N3O2/c1-5(2)7-9-4-6(10-7)8(12)11-13-3/h4-5H,1-3H3,(H,9,10)(H,11,12). The Bertz CT molecular complexity index is 293. The molecule has 0 aromatic carbocycles. The normalized spacial score (nSPS) is 10.5. The summed E-state index contributed by atoms with van der Waals surface area (Å²) in [4.78, 5) is 22.6. The molecule has 0 aliphatic carbocycles. The summed E-state index contributed by atoms with van der Waals surface area (Å²) in [5, 5.41) is 0. The smallest absolute Gasteiger partial charge is 0.292 e. The summed E-state index contributed by atoms with van der Waals surface area (Å²) in [6.45, 7) is 3.99. The van der Waals surface area contributed by atoms with E-state index in [0.29, 0.717) is 5.69 Å². The number of carbonyl (C=O) groups excluding carboxylic acids is 1. The van der Waals surface area contributed by atoms with Crippen LogP contribution in [0.15, 0.2) is 6.20 Å². The molecule has 5 heteroatoms. The van der Waals surface area contributed by atoms with Crippen LogP contribution in [0.25, 0.3) is 0 Å². The fourth-order valence-electron chi connectivity index (χ4n) is 0.893. The first-order valence-electron chi connectivity index (χ1n) is 4.03. The van der Waals surface area contributed by atoms with Gasteiger partial charge in [0.25, 0.3) is 5.91 Å². The van der Waals surface area contributed by atoms with E-state index < -0.39 is 0 Å². The van der Waals surface area contributed by atoms with E-state index in [-0.39, 0.29) is 11.8 Å². The Labute approximate surface area is 76.5 Å². The summed E-state index contributed by atoms with van der Waals surface area (Å²) < 4.78 is 0. The zero-order chi connectivity index (χ0) is 9.84. The number of aromatic nitrogens is 2. The summed E-state index contributed by atoms with van der Waals surface area (Å²) in [5.41, 5.74) is 2.61. The van der Waals surface area contributed by atoms with Gasteiger partial charge in [-0.1, -0.05) is 13.8 Å². The third-order valence-corrected chi connectivity index (χ3v) is 1.58. The summed E-state index contributed by atoms with van der Waals surface area (Å²) >= 11 is 0. The molecule has 72 valence electrons. The molecule has 0 bridgehead atoms. The number of nitrogens with zero attached hydrogens (tertiary/aromatic N) is 1. The average Bonchev–Trinajstić information content (AvgIpc) is 2.52. The Balaban J connectivity index is 2.73. The van der Waals surface area contributed by atoms with Crippen molar-refractivity contribution in [1.82, 2.24) is 15.4 Å². The zero-order valence-electron chi connectivity index (χ0n) is 7.92. The summed E-state index contributed by atoms with van der Waals surface area (Å²) in [7, 11) is 1.39. The van der Waals surface area contributed by atoms with Crippen molar-refractivity contribution in [2.24, 2.45) is 0 Å². The maximum atomic E-state index is 11.2. The first kappa shape index (κ1) is 9.73. The second-order valence-electron chi connectivity index (χ2n) is 2.97. The van der Waals surface area contributed by atoms with Gasteiger partial charge in [-0.05, 0) is 0 Å². The van der Waals surface area contributed by atoms with Crippen molar-refractivity contribution in [2.45, 2.75) is 19.8 Å². The van der Waals surface area contributed by atoms with Gasteiger partial charge in [0.05, 0.1) is 13.3 Å². The third-order valence-electron chi connectivity index (χ3n) is 1.58. The largest absolute Gasteiger partial charge is 0.338 e. The molecule has 0 spiro atoms. The van der Waals surface area contributed by atoms with E-state index in [1.165, 1.54) is 13.3 Å². The lowest BCUT2D eigenvalue weighted by Crippen LogP contribution is -2.22. The Kier molecular flexibility index (Phi) is 3.02. The topological polar surface area (TPSA) is 67.0 Å². The van der Waals surface area contributed by atoms with Gasteiger partial charge in [-0.3, -0.25) is 9.63 Å². The van der Waals surface area contributed by atoms with Crippen LogP contribution in [0, 0.1) is 0 Å². The highest BCUT2D eigenvalue weighted by atomic mass is 16.6. The van der Waals surface area contributed by atoms with Gasteiger partial charge < -0.3 is 4.98 Å². The minimum atomic E-state index is -0.318. The molecule has 0 aliphatic heterocycles. The molecule has 1 rings (SSSR count). The van der Waals surface area contributed by atoms with Crippen LogP contribution in [0.2, 0.25) is 0 Å². The van der Waals surface area contributed by atoms with Crippen LogP contribution in [-0.2, 0) is 4.84 Å². The second-order valence-corrected chi connectivity index (χ2v) is 2.97. The fraction of sp³-hybridized carbons (Fsp3) is 0.500. The van der Waals surface area contributed by atoms with E-state index in [0.717, 1.165) is 5.82 Å². The number of rotatable bonds is 3. The van der Waals surface area contributed by atoms with E-state index in [9.17, 15) is 4.79 Å². The van der Waals surface area contributed by atoms with Crippen LogP contribution >= 0.6 is 0 Å². The van der Waals surface area contributed by atoms with Crippen molar-refractivity contribution in [3.05, 3.63) is 17.7 Å². The number of imidazole rings is 1. The number of amides is 1. The number of nitrogens with one attached hydrogen (secondary N) is 2. The molecule has 1 heterocycles. The van der Waals surface area contributed by atoms with Crippen LogP contribution in [0.4, 0.5) is 0 Å². The molecular formula is C8H13N3O2. The van der Waals surface area contributed by atoms with Crippen LogP contribution in [0.5, 0.6) is 0 Å². The number of hydroxylamine groups is 1. The van der Waals surface area contributed by atoms with E-state index in [1.54, 1.807) is 0 Å². The monoisotopic (exact) mass is 183 g/mol. The Hall–Kier alpha value is -1.36. The minimum absolute atomic E-state index is 0.282. The molecule has 1 aromatic rings. The molecule has 0 unspecified atom stereocenters. The molecule has 0 radical (unpaired) electrons. The molecule has 1 amide bonds. The maximum Gasteiger partial charge on any atom is 0.292 e. The van der Waals surface area contributed by atoms with Crippen LogP contribution in [0.1, 0.15) is 36.1 Å². The Morgan fingerprint density at radius 1 is 1.69 bits per heavy atom. The minimum Gasteiger partial charge on any atom is -0.338 e. The molecule has 5 nitrogen and oxygen atoms in total. The zero-order valence-corrected chi connectivity index (χ0v) is 7.92. The van der Waals surface area contributed by atoms with Gasteiger partial charge in [-0.25, -0.2) is 10.5 Å². The van der Waals surface area contributed by atoms with Gasteiger partial charge in [-0.2, -0.15) is 0 Å². The van der Waals surface area contributed by atoms with E-state index in [4.69, 9.17) is 0 Å². The molecule has 2 N–H and O–H groups in total. The van der Waals surface area contributed by atoms with E-state index in [1.807, 2.05) is 13.8 Å². The Morgan fingerprint density at radius 3 is 2.85 bits per heavy atom. The molecule has 0 atom stereocenters. The van der Waals surface area contributed by atoms with Gasteiger partial charge in [-0.15, -0.1) is 0 Å². The van der Waals surface area contributed by atoms with Gasteiger partial charge in [0.15, 0.2) is 0 Å². The molecule has 0 saturated heterocycles. The first-order valence-corrected chi connectivity index (χ1v) is 4.03. The molecule has 13 heavy (non-hydrogen) atoms. The number of aromatic amines is 1. The Morgan fingerprint density at radius 2 is 2.38 bits per heavy atom. The van der Waals surface area contributed by atoms with Gasteiger partial charge in [0, 0.05) is 5.92 Å². The van der Waals surface area contributed by atoms with E-state index in [2.05, 4.69) is 20.3 Å². The van der Waals surface area contributed by atoms with Crippen molar-refractivity contribution in [3.8, 4) is 0 Å². The number of hydrogen-bond donors (Lipinski definition) is 2. The number of hydrogen-bond acceptors (Lipinski definition) is 3. The second kappa shape index (κ2) is 4.04. The SMILES string of the molecule is CONC(=O)c1cnc(C(C)C)[nH]1. The highest BCUT2D eigenvalue weighted by molar-refractivity contribution is 5.91. The average molecular weight is 183 g/mol. The molecule has 0 saturated carbocycles. The van der Waals surface area contributed by atoms with Gasteiger partial charge >= 0.3 is 0 Å². The van der Waals surface area contributed by atoms with Crippen molar-refractivity contribution >= 4 is 5.91 Å². The van der Waals surface area contributed by atoms with E-state index >= 15 is 0 Å². The highest BCUT2D eigenvalue weighted by Gasteiger charge is 2.10. The van der Waals surface area contributed by atoms with Crippen molar-refractivity contribution < 1.29 is 9.63 Å². The van der Waals surface area contributed by atoms with Crippen LogP contribution in [-0.4, -0.2) is 23.0 Å². The predicted octanol–water partition coefficient (Wildman–Crippen LogP) is 0.824. The lowest BCUT2D eigenvalue weighted by molar-refractivity contribution is 0.0533. The molecular weight excluding hydrogens is 170 g/mol. The van der Waals surface area contributed by atoms with Crippen LogP contribution < -0.4 is 5.48 Å².